The van der Waals surface area contributed by atoms with Crippen LogP contribution in [0.25, 0.3) is 0 Å². The lowest BCUT2D eigenvalue weighted by molar-refractivity contribution is 0.192. The zero-order valence-corrected chi connectivity index (χ0v) is 12.7. The van der Waals surface area contributed by atoms with E-state index < -0.39 is 0 Å². The van der Waals surface area contributed by atoms with E-state index in [1.807, 2.05) is 6.07 Å². The highest BCUT2D eigenvalue weighted by molar-refractivity contribution is 7.10. The first-order valence-electron chi connectivity index (χ1n) is 6.96. The van der Waals surface area contributed by atoms with Crippen molar-refractivity contribution in [2.24, 2.45) is 0 Å². The van der Waals surface area contributed by atoms with Crippen LogP contribution in [0.3, 0.4) is 0 Å². The molecule has 0 aliphatic carbocycles. The van der Waals surface area contributed by atoms with E-state index in [1.165, 1.54) is 16.5 Å². The number of rotatable bonds is 2. The van der Waals surface area contributed by atoms with Crippen LogP contribution in [0.2, 0.25) is 0 Å². The second-order valence-electron chi connectivity index (χ2n) is 5.28. The van der Waals surface area contributed by atoms with Crippen molar-refractivity contribution in [1.29, 1.82) is 0 Å². The molecule has 0 bridgehead atoms. The van der Waals surface area contributed by atoms with E-state index in [2.05, 4.69) is 16.8 Å². The van der Waals surface area contributed by atoms with E-state index in [9.17, 15) is 9.18 Å². The van der Waals surface area contributed by atoms with Gasteiger partial charge in [0, 0.05) is 24.5 Å². The lowest BCUT2D eigenvalue weighted by Gasteiger charge is -2.27. The van der Waals surface area contributed by atoms with Crippen molar-refractivity contribution in [3.05, 3.63) is 57.0 Å². The minimum absolute atomic E-state index is 0.0900. The number of urea groups is 1. The number of amides is 2. The molecule has 5 heteroatoms. The van der Waals surface area contributed by atoms with Gasteiger partial charge in [-0.25, -0.2) is 9.18 Å². The van der Waals surface area contributed by atoms with Gasteiger partial charge in [0.15, 0.2) is 0 Å². The van der Waals surface area contributed by atoms with Crippen LogP contribution < -0.4 is 5.32 Å². The van der Waals surface area contributed by atoms with Crippen LogP contribution in [0.4, 0.5) is 9.18 Å². The van der Waals surface area contributed by atoms with Crippen LogP contribution in [0, 0.1) is 12.7 Å². The van der Waals surface area contributed by atoms with Gasteiger partial charge in [0.25, 0.3) is 0 Å². The fourth-order valence-electron chi connectivity index (χ4n) is 2.46. The number of hydrogen-bond acceptors (Lipinski definition) is 2. The Morgan fingerprint density at radius 3 is 3.10 bits per heavy atom. The van der Waals surface area contributed by atoms with Crippen LogP contribution in [0.15, 0.2) is 29.6 Å². The number of hydrogen-bond donors (Lipinski definition) is 1. The van der Waals surface area contributed by atoms with E-state index in [0.717, 1.165) is 18.5 Å². The highest BCUT2D eigenvalue weighted by Gasteiger charge is 2.21. The van der Waals surface area contributed by atoms with Gasteiger partial charge < -0.3 is 10.2 Å². The van der Waals surface area contributed by atoms with Crippen LogP contribution in [-0.4, -0.2) is 17.5 Å². The molecule has 1 aliphatic heterocycles. The summed E-state index contributed by atoms with van der Waals surface area (Å²) < 4.78 is 13.5. The van der Waals surface area contributed by atoms with Gasteiger partial charge >= 0.3 is 6.03 Å². The van der Waals surface area contributed by atoms with E-state index in [0.29, 0.717) is 18.7 Å². The molecule has 0 spiro atoms. The van der Waals surface area contributed by atoms with Gasteiger partial charge in [-0.3, -0.25) is 0 Å². The maximum Gasteiger partial charge on any atom is 0.317 e. The van der Waals surface area contributed by atoms with Gasteiger partial charge in [-0.1, -0.05) is 12.1 Å². The summed E-state index contributed by atoms with van der Waals surface area (Å²) in [6.07, 6.45) is 0.916. The SMILES string of the molecule is Cc1ccc(CNC(=O)N2CCc3sccc3C2)cc1F. The van der Waals surface area contributed by atoms with E-state index >= 15 is 0 Å². The highest BCUT2D eigenvalue weighted by Crippen LogP contribution is 2.23. The molecular formula is C16H17FN2OS. The number of halogens is 1. The van der Waals surface area contributed by atoms with E-state index in [-0.39, 0.29) is 11.8 Å². The molecule has 0 saturated heterocycles. The first-order chi connectivity index (χ1) is 10.1. The van der Waals surface area contributed by atoms with Gasteiger partial charge in [0.05, 0.1) is 0 Å². The van der Waals surface area contributed by atoms with Crippen molar-refractivity contribution in [2.75, 3.05) is 6.54 Å². The van der Waals surface area contributed by atoms with Gasteiger partial charge in [0.1, 0.15) is 5.82 Å². The molecule has 2 amide bonds. The van der Waals surface area contributed by atoms with Crippen LogP contribution >= 0.6 is 11.3 Å². The number of thiophene rings is 1. The number of nitrogens with one attached hydrogen (secondary N) is 1. The second kappa shape index (κ2) is 5.85. The Balaban J connectivity index is 1.58. The van der Waals surface area contributed by atoms with E-state index in [4.69, 9.17) is 0 Å². The number of benzene rings is 1. The molecule has 3 nitrogen and oxygen atoms in total. The summed E-state index contributed by atoms with van der Waals surface area (Å²) in [6.45, 7) is 3.47. The van der Waals surface area contributed by atoms with Crippen molar-refractivity contribution < 1.29 is 9.18 Å². The fraction of sp³-hybridized carbons (Fsp3) is 0.312. The molecule has 0 unspecified atom stereocenters. The normalized spacial score (nSPS) is 13.9. The van der Waals surface area contributed by atoms with Crippen molar-refractivity contribution >= 4 is 17.4 Å². The quantitative estimate of drug-likeness (QED) is 0.905. The van der Waals surface area contributed by atoms with Crippen LogP contribution in [0.1, 0.15) is 21.6 Å². The summed E-state index contributed by atoms with van der Waals surface area (Å²) in [4.78, 5) is 15.4. The zero-order valence-electron chi connectivity index (χ0n) is 11.9. The molecule has 3 rings (SSSR count). The Kier molecular flexibility index (Phi) is 3.92. The summed E-state index contributed by atoms with van der Waals surface area (Å²) in [6, 6.07) is 7.03. The first kappa shape index (κ1) is 14.1. The Hall–Kier alpha value is -1.88. The molecule has 2 heterocycles. The van der Waals surface area contributed by atoms with Gasteiger partial charge in [-0.2, -0.15) is 0 Å². The largest absolute Gasteiger partial charge is 0.334 e. The molecule has 0 fully saturated rings. The summed E-state index contributed by atoms with van der Waals surface area (Å²) in [5.41, 5.74) is 2.63. The van der Waals surface area contributed by atoms with Gasteiger partial charge in [-0.05, 0) is 47.5 Å². The lowest BCUT2D eigenvalue weighted by atomic mass is 10.1. The molecular weight excluding hydrogens is 287 g/mol. The maximum atomic E-state index is 13.5. The Morgan fingerprint density at radius 2 is 2.29 bits per heavy atom. The van der Waals surface area contributed by atoms with Gasteiger partial charge in [0.2, 0.25) is 0 Å². The predicted molar refractivity (Wildman–Crippen MR) is 81.8 cm³/mol. The summed E-state index contributed by atoms with van der Waals surface area (Å²) in [5, 5.41) is 4.93. The number of carbonyl (C=O) groups is 1. The average Bonchev–Trinajstić information content (AvgIpc) is 2.95. The molecule has 0 atom stereocenters. The number of aryl methyl sites for hydroxylation is 1. The Morgan fingerprint density at radius 1 is 1.43 bits per heavy atom. The fourth-order valence-corrected chi connectivity index (χ4v) is 3.35. The molecule has 0 radical (unpaired) electrons. The Bertz CT molecular complexity index is 668. The molecule has 21 heavy (non-hydrogen) atoms. The molecule has 1 aliphatic rings. The summed E-state index contributed by atoms with van der Waals surface area (Å²) in [7, 11) is 0. The molecule has 1 aromatic carbocycles. The lowest BCUT2D eigenvalue weighted by Crippen LogP contribution is -2.42. The van der Waals surface area contributed by atoms with Crippen molar-refractivity contribution in [1.82, 2.24) is 10.2 Å². The minimum Gasteiger partial charge on any atom is -0.334 e. The van der Waals surface area contributed by atoms with Crippen molar-refractivity contribution in [3.8, 4) is 0 Å². The molecule has 1 aromatic heterocycles. The topological polar surface area (TPSA) is 32.3 Å². The Labute approximate surface area is 127 Å². The van der Waals surface area contributed by atoms with Crippen molar-refractivity contribution in [3.63, 3.8) is 0 Å². The third-order valence-corrected chi connectivity index (χ3v) is 4.80. The highest BCUT2D eigenvalue weighted by atomic mass is 32.1. The molecule has 0 saturated carbocycles. The number of nitrogens with zero attached hydrogens (tertiary/aromatic N) is 1. The van der Waals surface area contributed by atoms with E-state index in [1.54, 1.807) is 29.2 Å². The standard InChI is InChI=1S/C16H17FN2OS/c1-11-2-3-12(8-14(11)17)9-18-16(20)19-6-4-15-13(10-19)5-7-21-15/h2-3,5,7-8H,4,6,9-10H2,1H3,(H,18,20). The smallest absolute Gasteiger partial charge is 0.317 e. The third-order valence-electron chi connectivity index (χ3n) is 3.77. The number of fused-ring (bicyclic) bond motifs is 1. The maximum absolute atomic E-state index is 13.5. The zero-order chi connectivity index (χ0) is 14.8. The molecule has 1 N–H and O–H groups in total. The minimum atomic E-state index is -0.234. The average molecular weight is 304 g/mol. The monoisotopic (exact) mass is 304 g/mol. The van der Waals surface area contributed by atoms with Crippen molar-refractivity contribution in [2.45, 2.75) is 26.4 Å². The predicted octanol–water partition coefficient (Wildman–Crippen LogP) is 3.46. The van der Waals surface area contributed by atoms with Gasteiger partial charge in [-0.15, -0.1) is 11.3 Å². The first-order valence-corrected chi connectivity index (χ1v) is 7.84. The summed E-state index contributed by atoms with van der Waals surface area (Å²) >= 11 is 1.75. The molecule has 2 aromatic rings. The third kappa shape index (κ3) is 3.08. The second-order valence-corrected chi connectivity index (χ2v) is 6.28. The van der Waals surface area contributed by atoms with Crippen LogP contribution in [-0.2, 0) is 19.5 Å². The molecule has 110 valence electrons. The summed E-state index contributed by atoms with van der Waals surface area (Å²) in [5.74, 6) is -0.234. The van der Waals surface area contributed by atoms with Crippen LogP contribution in [0.5, 0.6) is 0 Å². The number of carbonyl (C=O) groups excluding carboxylic acids is 1.